The molecule has 3 fully saturated rings. The van der Waals surface area contributed by atoms with Crippen molar-refractivity contribution in [2.45, 2.75) is 77.2 Å². The monoisotopic (exact) mass is 335 g/mol. The number of carboxylic acids is 1. The molecule has 3 aliphatic rings. The summed E-state index contributed by atoms with van der Waals surface area (Å²) in [5, 5.41) is 9.76. The van der Waals surface area contributed by atoms with Crippen LogP contribution in [0.15, 0.2) is 0 Å². The molecule has 2 amide bonds. The Labute approximate surface area is 143 Å². The number of fused-ring (bicyclic) bond motifs is 1. The molecule has 3 rings (SSSR count). The summed E-state index contributed by atoms with van der Waals surface area (Å²) in [4.78, 5) is 38.5. The van der Waals surface area contributed by atoms with Crippen LogP contribution >= 0.6 is 0 Å². The van der Waals surface area contributed by atoms with Crippen molar-refractivity contribution in [3.8, 4) is 0 Å². The first kappa shape index (κ1) is 17.4. The van der Waals surface area contributed by atoms with Crippen LogP contribution in [0.5, 0.6) is 0 Å². The van der Waals surface area contributed by atoms with E-state index in [1.54, 1.807) is 0 Å². The lowest BCUT2D eigenvalue weighted by atomic mass is 9.81. The number of imide groups is 1. The molecule has 2 unspecified atom stereocenters. The van der Waals surface area contributed by atoms with Crippen LogP contribution in [0.4, 0.5) is 0 Å². The van der Waals surface area contributed by atoms with E-state index in [-0.39, 0.29) is 29.6 Å². The highest BCUT2D eigenvalue weighted by Crippen LogP contribution is 2.40. The summed E-state index contributed by atoms with van der Waals surface area (Å²) in [5.41, 5.74) is 0. The zero-order valence-electron chi connectivity index (χ0n) is 14.6. The molecule has 5 nitrogen and oxygen atoms in total. The lowest BCUT2D eigenvalue weighted by Gasteiger charge is -2.32. The first-order chi connectivity index (χ1) is 11.5. The van der Waals surface area contributed by atoms with E-state index >= 15 is 0 Å². The van der Waals surface area contributed by atoms with Gasteiger partial charge in [0.15, 0.2) is 0 Å². The third kappa shape index (κ3) is 3.22. The molecule has 134 valence electrons. The van der Waals surface area contributed by atoms with Gasteiger partial charge in [-0.25, -0.2) is 4.79 Å². The fourth-order valence-corrected chi connectivity index (χ4v) is 5.15. The largest absolute Gasteiger partial charge is 0.480 e. The van der Waals surface area contributed by atoms with E-state index in [0.717, 1.165) is 49.8 Å². The van der Waals surface area contributed by atoms with E-state index < -0.39 is 12.0 Å². The molecule has 0 bridgehead atoms. The smallest absolute Gasteiger partial charge is 0.327 e. The van der Waals surface area contributed by atoms with E-state index in [1.807, 2.05) is 6.92 Å². The number of rotatable bonds is 5. The third-order valence-corrected chi connectivity index (χ3v) is 6.38. The maximum absolute atomic E-state index is 12.7. The highest BCUT2D eigenvalue weighted by atomic mass is 16.4. The van der Waals surface area contributed by atoms with Crippen molar-refractivity contribution in [3.63, 3.8) is 0 Å². The van der Waals surface area contributed by atoms with Gasteiger partial charge < -0.3 is 5.11 Å². The summed E-state index contributed by atoms with van der Waals surface area (Å²) in [7, 11) is 0. The SMILES string of the molecule is C[C@H](CC1CCCCC1)[C@H](C(=O)O)N1C(=O)C2CCCCC2C1=O. The number of carbonyl (C=O) groups is 3. The van der Waals surface area contributed by atoms with Gasteiger partial charge in [0.05, 0.1) is 11.8 Å². The molecule has 4 atom stereocenters. The average molecular weight is 335 g/mol. The molecule has 1 saturated heterocycles. The fourth-order valence-electron chi connectivity index (χ4n) is 5.15. The summed E-state index contributed by atoms with van der Waals surface area (Å²) in [6, 6.07) is -0.988. The van der Waals surface area contributed by atoms with Gasteiger partial charge in [0.1, 0.15) is 6.04 Å². The molecule has 5 heteroatoms. The minimum absolute atomic E-state index is 0.182. The maximum atomic E-state index is 12.7. The van der Waals surface area contributed by atoms with Gasteiger partial charge in [-0.15, -0.1) is 0 Å². The predicted octanol–water partition coefficient (Wildman–Crippen LogP) is 3.22. The Kier molecular flexibility index (Phi) is 5.26. The van der Waals surface area contributed by atoms with Crippen LogP contribution in [0.2, 0.25) is 0 Å². The van der Waals surface area contributed by atoms with Gasteiger partial charge in [0.25, 0.3) is 0 Å². The van der Waals surface area contributed by atoms with Crippen molar-refractivity contribution in [1.29, 1.82) is 0 Å². The van der Waals surface area contributed by atoms with Crippen molar-refractivity contribution in [1.82, 2.24) is 4.90 Å². The molecule has 1 aliphatic heterocycles. The van der Waals surface area contributed by atoms with Crippen LogP contribution in [0.1, 0.15) is 71.1 Å². The molecule has 0 radical (unpaired) electrons. The second-order valence-corrected chi connectivity index (χ2v) is 8.04. The van der Waals surface area contributed by atoms with Crippen molar-refractivity contribution in [3.05, 3.63) is 0 Å². The summed E-state index contributed by atoms with van der Waals surface area (Å²) < 4.78 is 0. The Morgan fingerprint density at radius 3 is 2.00 bits per heavy atom. The van der Waals surface area contributed by atoms with Gasteiger partial charge in [0, 0.05) is 0 Å². The number of amides is 2. The second-order valence-electron chi connectivity index (χ2n) is 8.04. The third-order valence-electron chi connectivity index (χ3n) is 6.38. The summed E-state index contributed by atoms with van der Waals surface area (Å²) in [6.45, 7) is 1.90. The van der Waals surface area contributed by atoms with Crippen LogP contribution in [-0.4, -0.2) is 33.8 Å². The molecule has 1 N–H and O–H groups in total. The zero-order valence-corrected chi connectivity index (χ0v) is 14.6. The second kappa shape index (κ2) is 7.24. The first-order valence-electron chi connectivity index (χ1n) is 9.60. The number of nitrogens with zero attached hydrogens (tertiary/aromatic N) is 1. The normalized spacial score (nSPS) is 31.0. The Hall–Kier alpha value is -1.39. The van der Waals surface area contributed by atoms with E-state index in [2.05, 4.69) is 0 Å². The lowest BCUT2D eigenvalue weighted by molar-refractivity contribution is -0.157. The number of hydrogen-bond donors (Lipinski definition) is 1. The van der Waals surface area contributed by atoms with Gasteiger partial charge in [-0.3, -0.25) is 14.5 Å². The lowest BCUT2D eigenvalue weighted by Crippen LogP contribution is -2.49. The molecular formula is C19H29NO4. The minimum atomic E-state index is -1.03. The number of hydrogen-bond acceptors (Lipinski definition) is 3. The maximum Gasteiger partial charge on any atom is 0.327 e. The molecular weight excluding hydrogens is 306 g/mol. The molecule has 1 heterocycles. The molecule has 0 aromatic heterocycles. The molecule has 2 saturated carbocycles. The standard InChI is InChI=1S/C19H29NO4/c1-12(11-13-7-3-2-4-8-13)16(19(23)24)20-17(21)14-9-5-6-10-15(14)18(20)22/h12-16H,2-11H2,1H3,(H,23,24)/t12-,14?,15?,16-/m1/s1. The Bertz CT molecular complexity index is 487. The van der Waals surface area contributed by atoms with Crippen LogP contribution in [0.3, 0.4) is 0 Å². The van der Waals surface area contributed by atoms with Crippen molar-refractivity contribution in [2.24, 2.45) is 23.7 Å². The van der Waals surface area contributed by atoms with Crippen LogP contribution in [0.25, 0.3) is 0 Å². The number of likely N-dealkylation sites (tertiary alicyclic amines) is 1. The molecule has 2 aliphatic carbocycles. The molecule has 0 aromatic rings. The van der Waals surface area contributed by atoms with Crippen molar-refractivity contribution >= 4 is 17.8 Å². The highest BCUT2D eigenvalue weighted by Gasteiger charge is 2.53. The average Bonchev–Trinajstić information content (AvgIpc) is 2.81. The zero-order chi connectivity index (χ0) is 17.3. The topological polar surface area (TPSA) is 74.7 Å². The Morgan fingerprint density at radius 1 is 1.00 bits per heavy atom. The Balaban J connectivity index is 1.75. The minimum Gasteiger partial charge on any atom is -0.480 e. The van der Waals surface area contributed by atoms with E-state index in [9.17, 15) is 19.5 Å². The number of carbonyl (C=O) groups excluding carboxylic acids is 2. The van der Waals surface area contributed by atoms with E-state index in [1.165, 1.54) is 19.3 Å². The van der Waals surface area contributed by atoms with Crippen LogP contribution in [-0.2, 0) is 14.4 Å². The van der Waals surface area contributed by atoms with E-state index in [0.29, 0.717) is 5.92 Å². The summed E-state index contributed by atoms with van der Waals surface area (Å²) in [5.74, 6) is -1.67. The number of carboxylic acid groups (broad SMARTS) is 1. The first-order valence-corrected chi connectivity index (χ1v) is 9.60. The van der Waals surface area contributed by atoms with Gasteiger partial charge in [-0.2, -0.15) is 0 Å². The Morgan fingerprint density at radius 2 is 1.50 bits per heavy atom. The highest BCUT2D eigenvalue weighted by molar-refractivity contribution is 6.07. The summed E-state index contributed by atoms with van der Waals surface area (Å²) in [6.07, 6.45) is 10.1. The van der Waals surface area contributed by atoms with Gasteiger partial charge >= 0.3 is 5.97 Å². The summed E-state index contributed by atoms with van der Waals surface area (Å²) >= 11 is 0. The van der Waals surface area contributed by atoms with Crippen LogP contribution < -0.4 is 0 Å². The molecule has 0 spiro atoms. The van der Waals surface area contributed by atoms with Crippen molar-refractivity contribution in [2.75, 3.05) is 0 Å². The molecule has 0 aromatic carbocycles. The van der Waals surface area contributed by atoms with Gasteiger partial charge in [-0.05, 0) is 31.1 Å². The van der Waals surface area contributed by atoms with Gasteiger partial charge in [0.2, 0.25) is 11.8 Å². The fraction of sp³-hybridized carbons (Fsp3) is 0.842. The van der Waals surface area contributed by atoms with Crippen LogP contribution in [0, 0.1) is 23.7 Å². The van der Waals surface area contributed by atoms with E-state index in [4.69, 9.17) is 0 Å². The van der Waals surface area contributed by atoms with Gasteiger partial charge in [-0.1, -0.05) is 51.9 Å². The van der Waals surface area contributed by atoms with Crippen molar-refractivity contribution < 1.29 is 19.5 Å². The number of aliphatic carboxylic acids is 1. The quantitative estimate of drug-likeness (QED) is 0.783. The molecule has 24 heavy (non-hydrogen) atoms. The predicted molar refractivity (Wildman–Crippen MR) is 89.1 cm³/mol.